The number of nitrogens with two attached hydrogens (primary N) is 1. The Balaban J connectivity index is 1.81. The van der Waals surface area contributed by atoms with Gasteiger partial charge in [-0.1, -0.05) is 24.3 Å². The lowest BCUT2D eigenvalue weighted by molar-refractivity contribution is 0.598. The second kappa shape index (κ2) is 7.54. The maximum Gasteiger partial charge on any atom is 0.238 e. The lowest BCUT2D eigenvalue weighted by Gasteiger charge is -2.11. The number of primary sulfonamides is 1. The predicted octanol–water partition coefficient (Wildman–Crippen LogP) is 2.17. The van der Waals surface area contributed by atoms with E-state index < -0.39 is 10.0 Å². The first-order chi connectivity index (χ1) is 10.8. The summed E-state index contributed by atoms with van der Waals surface area (Å²) < 4.78 is 22.4. The summed E-state index contributed by atoms with van der Waals surface area (Å²) in [4.78, 5) is 0.117. The molecule has 0 aliphatic carbocycles. The molecule has 2 rings (SSSR count). The number of benzene rings is 2. The lowest BCUT2D eigenvalue weighted by Crippen LogP contribution is -2.30. The van der Waals surface area contributed by atoms with Crippen LogP contribution in [0.15, 0.2) is 53.4 Å². The fourth-order valence-corrected chi connectivity index (χ4v) is 2.80. The maximum absolute atomic E-state index is 11.2. The van der Waals surface area contributed by atoms with E-state index in [-0.39, 0.29) is 4.90 Å². The van der Waals surface area contributed by atoms with Crippen molar-refractivity contribution in [3.05, 3.63) is 59.7 Å². The van der Waals surface area contributed by atoms with Crippen LogP contribution in [0.3, 0.4) is 0 Å². The minimum absolute atomic E-state index is 0.117. The summed E-state index contributed by atoms with van der Waals surface area (Å²) in [6, 6.07) is 14.5. The third-order valence-electron chi connectivity index (χ3n) is 3.23. The van der Waals surface area contributed by atoms with Crippen molar-refractivity contribution in [2.45, 2.75) is 18.2 Å². The molecular weight excluding hydrogens is 330 g/mol. The number of hydrogen-bond donors (Lipinski definition) is 3. The van der Waals surface area contributed by atoms with Crippen LogP contribution in [0.25, 0.3) is 0 Å². The van der Waals surface area contributed by atoms with Crippen LogP contribution in [-0.2, 0) is 16.4 Å². The molecule has 0 bridgehead atoms. The molecule has 7 heteroatoms. The molecule has 0 aromatic heterocycles. The van der Waals surface area contributed by atoms with Gasteiger partial charge in [0, 0.05) is 12.2 Å². The molecule has 2 aromatic rings. The molecule has 0 unspecified atom stereocenters. The minimum Gasteiger partial charge on any atom is -0.362 e. The molecule has 122 valence electrons. The monoisotopic (exact) mass is 349 g/mol. The fraction of sp³-hybridized carbons (Fsp3) is 0.188. The molecule has 2 aromatic carbocycles. The van der Waals surface area contributed by atoms with Crippen molar-refractivity contribution >= 4 is 33.0 Å². The molecule has 0 heterocycles. The molecule has 4 N–H and O–H groups in total. The first-order valence-electron chi connectivity index (χ1n) is 7.08. The Morgan fingerprint density at radius 3 is 2.48 bits per heavy atom. The third kappa shape index (κ3) is 5.63. The number of thiocarbonyl (C=S) groups is 1. The Labute approximate surface area is 142 Å². The topological polar surface area (TPSA) is 84.2 Å². The average Bonchev–Trinajstić information content (AvgIpc) is 2.47. The molecule has 5 nitrogen and oxygen atoms in total. The molecule has 0 fully saturated rings. The maximum atomic E-state index is 11.2. The molecule has 0 atom stereocenters. The van der Waals surface area contributed by atoms with Gasteiger partial charge in [-0.3, -0.25) is 0 Å². The van der Waals surface area contributed by atoms with Gasteiger partial charge in [0.15, 0.2) is 5.11 Å². The van der Waals surface area contributed by atoms with E-state index in [9.17, 15) is 8.42 Å². The quantitative estimate of drug-likeness (QED) is 0.721. The van der Waals surface area contributed by atoms with Crippen LogP contribution in [-0.4, -0.2) is 20.1 Å². The number of rotatable bonds is 5. The van der Waals surface area contributed by atoms with Gasteiger partial charge in [-0.25, -0.2) is 13.6 Å². The van der Waals surface area contributed by atoms with Crippen molar-refractivity contribution in [1.29, 1.82) is 0 Å². The highest BCUT2D eigenvalue weighted by molar-refractivity contribution is 7.89. The van der Waals surface area contributed by atoms with Gasteiger partial charge in [-0.05, 0) is 61.0 Å². The van der Waals surface area contributed by atoms with E-state index in [0.29, 0.717) is 11.7 Å². The van der Waals surface area contributed by atoms with Crippen LogP contribution in [0.2, 0.25) is 0 Å². The molecule has 0 amide bonds. The molecule has 0 radical (unpaired) electrons. The predicted molar refractivity (Wildman–Crippen MR) is 96.9 cm³/mol. The highest BCUT2D eigenvalue weighted by atomic mass is 32.2. The average molecular weight is 349 g/mol. The zero-order valence-corrected chi connectivity index (χ0v) is 14.4. The van der Waals surface area contributed by atoms with Crippen LogP contribution < -0.4 is 15.8 Å². The summed E-state index contributed by atoms with van der Waals surface area (Å²) in [6.45, 7) is 2.67. The van der Waals surface area contributed by atoms with E-state index in [1.165, 1.54) is 12.1 Å². The highest BCUT2D eigenvalue weighted by Crippen LogP contribution is 2.10. The summed E-state index contributed by atoms with van der Waals surface area (Å²) in [5.41, 5.74) is 3.11. The minimum atomic E-state index is -3.64. The SMILES string of the molecule is Cc1cccc(NC(=S)NCCc2ccc(S(N)(=O)=O)cc2)c1. The van der Waals surface area contributed by atoms with E-state index in [0.717, 1.165) is 23.2 Å². The van der Waals surface area contributed by atoms with Gasteiger partial charge in [0.25, 0.3) is 0 Å². The van der Waals surface area contributed by atoms with Crippen molar-refractivity contribution < 1.29 is 8.42 Å². The van der Waals surface area contributed by atoms with E-state index in [1.54, 1.807) is 12.1 Å². The lowest BCUT2D eigenvalue weighted by atomic mass is 10.1. The fourth-order valence-electron chi connectivity index (χ4n) is 2.06. The zero-order valence-electron chi connectivity index (χ0n) is 12.7. The summed E-state index contributed by atoms with van der Waals surface area (Å²) in [5, 5.41) is 11.9. The molecule has 0 aliphatic heterocycles. The van der Waals surface area contributed by atoms with Gasteiger partial charge in [0.2, 0.25) is 10.0 Å². The van der Waals surface area contributed by atoms with Crippen LogP contribution in [0.1, 0.15) is 11.1 Å². The van der Waals surface area contributed by atoms with Crippen molar-refractivity contribution in [2.24, 2.45) is 5.14 Å². The Bertz CT molecular complexity index is 787. The van der Waals surface area contributed by atoms with Gasteiger partial charge in [0.05, 0.1) is 4.90 Å². The standard InChI is InChI=1S/C16H19N3O2S2/c1-12-3-2-4-14(11-12)19-16(22)18-10-9-13-5-7-15(8-6-13)23(17,20)21/h2-8,11H,9-10H2,1H3,(H2,17,20,21)(H2,18,19,22). The first kappa shape index (κ1) is 17.4. The largest absolute Gasteiger partial charge is 0.362 e. The molecule has 0 aliphatic rings. The van der Waals surface area contributed by atoms with Crippen LogP contribution in [0.5, 0.6) is 0 Å². The van der Waals surface area contributed by atoms with Gasteiger partial charge >= 0.3 is 0 Å². The molecule has 23 heavy (non-hydrogen) atoms. The Morgan fingerprint density at radius 2 is 1.87 bits per heavy atom. The Morgan fingerprint density at radius 1 is 1.17 bits per heavy atom. The molecule has 0 spiro atoms. The number of nitrogens with one attached hydrogen (secondary N) is 2. The number of aryl methyl sites for hydroxylation is 1. The van der Waals surface area contributed by atoms with E-state index in [4.69, 9.17) is 17.4 Å². The molecule has 0 saturated carbocycles. The zero-order chi connectivity index (χ0) is 16.9. The number of anilines is 1. The second-order valence-corrected chi connectivity index (χ2v) is 7.16. The highest BCUT2D eigenvalue weighted by Gasteiger charge is 2.06. The van der Waals surface area contributed by atoms with E-state index in [2.05, 4.69) is 10.6 Å². The summed E-state index contributed by atoms with van der Waals surface area (Å²) >= 11 is 5.25. The van der Waals surface area contributed by atoms with Crippen molar-refractivity contribution in [3.63, 3.8) is 0 Å². The van der Waals surface area contributed by atoms with E-state index in [1.807, 2.05) is 31.2 Å². The Kier molecular flexibility index (Phi) is 5.70. The number of hydrogen-bond acceptors (Lipinski definition) is 3. The molecule has 0 saturated heterocycles. The van der Waals surface area contributed by atoms with Crippen LogP contribution >= 0.6 is 12.2 Å². The van der Waals surface area contributed by atoms with Crippen LogP contribution in [0, 0.1) is 6.92 Å². The van der Waals surface area contributed by atoms with Gasteiger partial charge in [0.1, 0.15) is 0 Å². The van der Waals surface area contributed by atoms with E-state index >= 15 is 0 Å². The van der Waals surface area contributed by atoms with Crippen molar-refractivity contribution in [1.82, 2.24) is 5.32 Å². The van der Waals surface area contributed by atoms with Crippen molar-refractivity contribution in [2.75, 3.05) is 11.9 Å². The second-order valence-electron chi connectivity index (χ2n) is 5.19. The van der Waals surface area contributed by atoms with Gasteiger partial charge in [-0.2, -0.15) is 0 Å². The van der Waals surface area contributed by atoms with Gasteiger partial charge in [-0.15, -0.1) is 0 Å². The van der Waals surface area contributed by atoms with Crippen molar-refractivity contribution in [3.8, 4) is 0 Å². The van der Waals surface area contributed by atoms with Crippen LogP contribution in [0.4, 0.5) is 5.69 Å². The summed E-state index contributed by atoms with van der Waals surface area (Å²) in [5.74, 6) is 0. The first-order valence-corrected chi connectivity index (χ1v) is 9.03. The Hall–Kier alpha value is -1.96. The number of sulfonamides is 1. The normalized spacial score (nSPS) is 11.0. The smallest absolute Gasteiger partial charge is 0.238 e. The summed E-state index contributed by atoms with van der Waals surface area (Å²) in [6.07, 6.45) is 0.723. The summed E-state index contributed by atoms with van der Waals surface area (Å²) in [7, 11) is -3.64. The third-order valence-corrected chi connectivity index (χ3v) is 4.40. The van der Waals surface area contributed by atoms with Gasteiger partial charge < -0.3 is 10.6 Å². The molecular formula is C16H19N3O2S2.